The number of hydrogen-bond acceptors (Lipinski definition) is 2. The average Bonchev–Trinajstić information content (AvgIpc) is 2.45. The van der Waals surface area contributed by atoms with Gasteiger partial charge < -0.3 is 10.5 Å². The van der Waals surface area contributed by atoms with Gasteiger partial charge in [-0.25, -0.2) is 0 Å². The van der Waals surface area contributed by atoms with E-state index in [9.17, 15) is 0 Å². The molecule has 2 rings (SSSR count). The second-order valence-corrected chi connectivity index (χ2v) is 3.71. The molecule has 2 bridgehead atoms. The molecule has 3 atom stereocenters. The molecule has 2 aliphatic rings. The van der Waals surface area contributed by atoms with Crippen LogP contribution in [0.2, 0.25) is 0 Å². The third kappa shape index (κ3) is 0.722. The van der Waals surface area contributed by atoms with Crippen LogP contribution in [0.15, 0.2) is 0 Å². The number of fused-ring (bicyclic) bond motifs is 2. The van der Waals surface area contributed by atoms with Gasteiger partial charge in [0.05, 0.1) is 11.7 Å². The number of nitrogens with two attached hydrogens (primary N) is 1. The first-order chi connectivity index (χ1) is 4.76. The van der Waals surface area contributed by atoms with E-state index in [2.05, 4.69) is 6.92 Å². The molecule has 0 radical (unpaired) electrons. The highest BCUT2D eigenvalue weighted by molar-refractivity contribution is 4.99. The maximum Gasteiger partial charge on any atom is 0.0811 e. The molecule has 10 heavy (non-hydrogen) atoms. The predicted octanol–water partition coefficient (Wildman–Crippen LogP) is 0.903. The van der Waals surface area contributed by atoms with E-state index >= 15 is 0 Å². The lowest BCUT2D eigenvalue weighted by molar-refractivity contribution is -0.0557. The molecule has 0 aromatic carbocycles. The summed E-state index contributed by atoms with van der Waals surface area (Å²) in [4.78, 5) is 0. The number of ether oxygens (including phenoxy) is 1. The highest BCUT2D eigenvalue weighted by Crippen LogP contribution is 2.47. The van der Waals surface area contributed by atoms with Crippen molar-refractivity contribution in [2.75, 3.05) is 6.54 Å². The molecule has 1 heterocycles. The average molecular weight is 141 g/mol. The molecular weight excluding hydrogens is 126 g/mol. The molecule has 2 fully saturated rings. The summed E-state index contributed by atoms with van der Waals surface area (Å²) in [5, 5.41) is 0. The van der Waals surface area contributed by atoms with Gasteiger partial charge in [0.1, 0.15) is 0 Å². The maximum absolute atomic E-state index is 5.77. The molecule has 1 aliphatic heterocycles. The number of rotatable bonds is 1. The molecule has 1 aliphatic carbocycles. The first-order valence-corrected chi connectivity index (χ1v) is 4.14. The van der Waals surface area contributed by atoms with E-state index in [1.54, 1.807) is 0 Å². The van der Waals surface area contributed by atoms with Gasteiger partial charge in [0, 0.05) is 6.54 Å². The van der Waals surface area contributed by atoms with Crippen LogP contribution in [0.1, 0.15) is 26.2 Å². The third-order valence-electron chi connectivity index (χ3n) is 3.08. The van der Waals surface area contributed by atoms with E-state index in [0.717, 1.165) is 5.92 Å². The second kappa shape index (κ2) is 1.95. The summed E-state index contributed by atoms with van der Waals surface area (Å²) >= 11 is 0. The summed E-state index contributed by atoms with van der Waals surface area (Å²) in [6.07, 6.45) is 4.21. The monoisotopic (exact) mass is 141 g/mol. The summed E-state index contributed by atoms with van der Waals surface area (Å²) in [6, 6.07) is 0. The zero-order valence-corrected chi connectivity index (χ0v) is 6.47. The van der Waals surface area contributed by atoms with Crippen molar-refractivity contribution >= 4 is 0 Å². The van der Waals surface area contributed by atoms with Gasteiger partial charge in [0.15, 0.2) is 0 Å². The fourth-order valence-electron chi connectivity index (χ4n) is 2.36. The maximum atomic E-state index is 5.77. The Kier molecular flexibility index (Phi) is 1.29. The fraction of sp³-hybridized carbons (Fsp3) is 1.00. The van der Waals surface area contributed by atoms with Crippen LogP contribution in [0.3, 0.4) is 0 Å². The summed E-state index contributed by atoms with van der Waals surface area (Å²) < 4.78 is 5.77. The Labute approximate surface area is 61.7 Å². The van der Waals surface area contributed by atoms with Crippen LogP contribution in [0.25, 0.3) is 0 Å². The van der Waals surface area contributed by atoms with Crippen molar-refractivity contribution in [3.8, 4) is 0 Å². The molecule has 2 heteroatoms. The molecule has 58 valence electrons. The van der Waals surface area contributed by atoms with Crippen LogP contribution in [-0.4, -0.2) is 18.2 Å². The lowest BCUT2D eigenvalue weighted by atomic mass is 10.0. The second-order valence-electron chi connectivity index (χ2n) is 3.71. The Morgan fingerprint density at radius 2 is 2.50 bits per heavy atom. The molecule has 2 N–H and O–H groups in total. The van der Waals surface area contributed by atoms with E-state index in [-0.39, 0.29) is 5.60 Å². The SMILES string of the molecule is CC1OC2(CN)CCC1C2. The van der Waals surface area contributed by atoms with Crippen molar-refractivity contribution in [2.45, 2.75) is 37.9 Å². The molecule has 1 saturated carbocycles. The first-order valence-electron chi connectivity index (χ1n) is 4.14. The summed E-state index contributed by atoms with van der Waals surface area (Å²) in [6.45, 7) is 2.88. The van der Waals surface area contributed by atoms with Crippen molar-refractivity contribution in [3.05, 3.63) is 0 Å². The highest BCUT2D eigenvalue weighted by atomic mass is 16.5. The van der Waals surface area contributed by atoms with Gasteiger partial charge in [-0.2, -0.15) is 0 Å². The highest BCUT2D eigenvalue weighted by Gasteiger charge is 2.48. The normalized spacial score (nSPS) is 52.2. The standard InChI is InChI=1S/C8H15NO/c1-6-7-2-3-8(4-7,5-9)10-6/h6-7H,2-5,9H2,1H3. The van der Waals surface area contributed by atoms with Crippen LogP contribution in [-0.2, 0) is 4.74 Å². The van der Waals surface area contributed by atoms with E-state index in [4.69, 9.17) is 10.5 Å². The number of hydrogen-bond donors (Lipinski definition) is 1. The lowest BCUT2D eigenvalue weighted by Crippen LogP contribution is -2.37. The van der Waals surface area contributed by atoms with Gasteiger partial charge in [-0.15, -0.1) is 0 Å². The molecule has 2 nitrogen and oxygen atoms in total. The summed E-state index contributed by atoms with van der Waals surface area (Å²) in [5.41, 5.74) is 5.74. The minimum Gasteiger partial charge on any atom is -0.370 e. The first kappa shape index (κ1) is 6.62. The van der Waals surface area contributed by atoms with Crippen LogP contribution >= 0.6 is 0 Å². The summed E-state index contributed by atoms with van der Waals surface area (Å²) in [5.74, 6) is 0.809. The summed E-state index contributed by atoms with van der Waals surface area (Å²) in [7, 11) is 0. The van der Waals surface area contributed by atoms with Crippen LogP contribution in [0.5, 0.6) is 0 Å². The van der Waals surface area contributed by atoms with E-state index in [0.29, 0.717) is 12.6 Å². The van der Waals surface area contributed by atoms with Gasteiger partial charge in [0.25, 0.3) is 0 Å². The van der Waals surface area contributed by atoms with Gasteiger partial charge in [-0.1, -0.05) is 0 Å². The van der Waals surface area contributed by atoms with E-state index in [1.165, 1.54) is 19.3 Å². The van der Waals surface area contributed by atoms with Crippen molar-refractivity contribution in [1.82, 2.24) is 0 Å². The van der Waals surface area contributed by atoms with Crippen LogP contribution in [0.4, 0.5) is 0 Å². The Balaban J connectivity index is 2.14. The van der Waals surface area contributed by atoms with Crippen LogP contribution < -0.4 is 5.73 Å². The Morgan fingerprint density at radius 3 is 2.80 bits per heavy atom. The molecule has 0 aromatic rings. The van der Waals surface area contributed by atoms with Crippen LogP contribution in [0, 0.1) is 5.92 Å². The Hall–Kier alpha value is -0.0800. The molecule has 0 amide bonds. The van der Waals surface area contributed by atoms with E-state index < -0.39 is 0 Å². The topological polar surface area (TPSA) is 35.2 Å². The minimum absolute atomic E-state index is 0.101. The van der Waals surface area contributed by atoms with Crippen molar-refractivity contribution in [3.63, 3.8) is 0 Å². The third-order valence-corrected chi connectivity index (χ3v) is 3.08. The van der Waals surface area contributed by atoms with Crippen molar-refractivity contribution in [2.24, 2.45) is 11.7 Å². The Morgan fingerprint density at radius 1 is 1.70 bits per heavy atom. The van der Waals surface area contributed by atoms with Gasteiger partial charge in [0.2, 0.25) is 0 Å². The minimum atomic E-state index is 0.101. The zero-order valence-electron chi connectivity index (χ0n) is 6.47. The van der Waals surface area contributed by atoms with Crippen molar-refractivity contribution in [1.29, 1.82) is 0 Å². The Bertz CT molecular complexity index is 144. The molecule has 0 aromatic heterocycles. The zero-order chi connectivity index (χ0) is 7.19. The van der Waals surface area contributed by atoms with Gasteiger partial charge >= 0.3 is 0 Å². The van der Waals surface area contributed by atoms with Gasteiger partial charge in [-0.3, -0.25) is 0 Å². The smallest absolute Gasteiger partial charge is 0.0811 e. The largest absolute Gasteiger partial charge is 0.370 e. The molecule has 1 saturated heterocycles. The van der Waals surface area contributed by atoms with Gasteiger partial charge in [-0.05, 0) is 32.1 Å². The van der Waals surface area contributed by atoms with Crippen molar-refractivity contribution < 1.29 is 4.74 Å². The van der Waals surface area contributed by atoms with E-state index in [1.807, 2.05) is 0 Å². The molecule has 3 unspecified atom stereocenters. The fourth-order valence-corrected chi connectivity index (χ4v) is 2.36. The quantitative estimate of drug-likeness (QED) is 0.589. The molecule has 0 spiro atoms. The molecular formula is C8H15NO. The predicted molar refractivity (Wildman–Crippen MR) is 39.7 cm³/mol. The lowest BCUT2D eigenvalue weighted by Gasteiger charge is -2.27.